The number of nitrogens with one attached hydrogen (secondary N) is 3. The maximum atomic E-state index is 13.4. The molecule has 1 fully saturated rings. The second-order valence-corrected chi connectivity index (χ2v) is 8.95. The molecule has 36 heavy (non-hydrogen) atoms. The van der Waals surface area contributed by atoms with Crippen molar-refractivity contribution < 1.29 is 18.7 Å². The normalized spacial score (nSPS) is 17.5. The van der Waals surface area contributed by atoms with Crippen LogP contribution in [0, 0.1) is 5.82 Å². The maximum Gasteiger partial charge on any atom is 0.217 e. The fraction of sp³-hybridized carbons (Fsp3) is 0.259. The predicted octanol–water partition coefficient (Wildman–Crippen LogP) is 4.98. The first-order valence-electron chi connectivity index (χ1n) is 11.9. The molecule has 9 heteroatoms. The molecule has 0 atom stereocenters. The number of fused-ring (bicyclic) bond motifs is 1. The molecule has 0 bridgehead atoms. The van der Waals surface area contributed by atoms with Crippen molar-refractivity contribution in [3.05, 3.63) is 78.0 Å². The number of hydrogen-bond acceptors (Lipinski definition) is 6. The molecular formula is C27H26FN5O3. The standard InChI is InChI=1S/C27H26FN5O3/c1-16(34)32-19-6-8-20(9-7-19)33-27-24-23(14-29-26(24)30-15-31-27)25(35)17-2-10-21(11-3-17)36-22-12-4-18(28)5-13-22/h2-5,10-15,19-20H,6-9H2,1H3,(H,32,34)(H2,29,30,31,33). The quantitative estimate of drug-likeness (QED) is 0.317. The van der Waals surface area contributed by atoms with E-state index in [4.69, 9.17) is 4.74 Å². The molecule has 0 unspecified atom stereocenters. The van der Waals surface area contributed by atoms with Gasteiger partial charge in [-0.15, -0.1) is 0 Å². The number of H-pyrrole nitrogens is 1. The maximum absolute atomic E-state index is 13.4. The number of ketones is 1. The first-order valence-corrected chi connectivity index (χ1v) is 11.9. The fourth-order valence-electron chi connectivity index (χ4n) is 4.58. The predicted molar refractivity (Wildman–Crippen MR) is 134 cm³/mol. The van der Waals surface area contributed by atoms with Gasteiger partial charge in [0, 0.05) is 30.8 Å². The molecule has 2 aromatic heterocycles. The van der Waals surface area contributed by atoms with Crippen LogP contribution in [-0.4, -0.2) is 38.7 Å². The average Bonchev–Trinajstić information content (AvgIpc) is 3.32. The number of aromatic nitrogens is 3. The van der Waals surface area contributed by atoms with Crippen LogP contribution in [0.2, 0.25) is 0 Å². The third-order valence-corrected chi connectivity index (χ3v) is 6.36. The smallest absolute Gasteiger partial charge is 0.217 e. The van der Waals surface area contributed by atoms with Crippen molar-refractivity contribution in [1.29, 1.82) is 0 Å². The van der Waals surface area contributed by atoms with Crippen LogP contribution in [0.1, 0.15) is 48.5 Å². The number of ether oxygens (including phenoxy) is 1. The number of aromatic amines is 1. The summed E-state index contributed by atoms with van der Waals surface area (Å²) in [6.07, 6.45) is 6.68. The zero-order valence-corrected chi connectivity index (χ0v) is 19.8. The van der Waals surface area contributed by atoms with E-state index in [1.54, 1.807) is 49.5 Å². The van der Waals surface area contributed by atoms with Crippen LogP contribution >= 0.6 is 0 Å². The number of halogens is 1. The first-order chi connectivity index (χ1) is 17.5. The summed E-state index contributed by atoms with van der Waals surface area (Å²) in [4.78, 5) is 36.5. The van der Waals surface area contributed by atoms with Gasteiger partial charge in [0.2, 0.25) is 5.91 Å². The third-order valence-electron chi connectivity index (χ3n) is 6.36. The Hall–Kier alpha value is -4.27. The lowest BCUT2D eigenvalue weighted by Gasteiger charge is -2.29. The van der Waals surface area contributed by atoms with Gasteiger partial charge in [-0.1, -0.05) is 0 Å². The molecule has 0 saturated heterocycles. The molecule has 184 valence electrons. The minimum Gasteiger partial charge on any atom is -0.457 e. The highest BCUT2D eigenvalue weighted by molar-refractivity contribution is 6.18. The number of carbonyl (C=O) groups is 2. The molecule has 0 radical (unpaired) electrons. The van der Waals surface area contributed by atoms with Gasteiger partial charge in [0.1, 0.15) is 35.1 Å². The van der Waals surface area contributed by atoms with Crippen LogP contribution in [0.4, 0.5) is 10.2 Å². The van der Waals surface area contributed by atoms with Gasteiger partial charge in [-0.05, 0) is 74.2 Å². The van der Waals surface area contributed by atoms with Gasteiger partial charge in [0.05, 0.1) is 10.9 Å². The van der Waals surface area contributed by atoms with Gasteiger partial charge < -0.3 is 20.4 Å². The summed E-state index contributed by atoms with van der Waals surface area (Å²) in [5.74, 6) is 1.15. The van der Waals surface area contributed by atoms with Gasteiger partial charge in [-0.3, -0.25) is 9.59 Å². The van der Waals surface area contributed by atoms with E-state index in [-0.39, 0.29) is 29.6 Å². The zero-order valence-electron chi connectivity index (χ0n) is 19.8. The Bertz CT molecular complexity index is 1380. The lowest BCUT2D eigenvalue weighted by Crippen LogP contribution is -2.39. The number of rotatable bonds is 7. The minimum absolute atomic E-state index is 0.00514. The van der Waals surface area contributed by atoms with Gasteiger partial charge in [-0.2, -0.15) is 0 Å². The lowest BCUT2D eigenvalue weighted by atomic mass is 9.91. The largest absolute Gasteiger partial charge is 0.457 e. The summed E-state index contributed by atoms with van der Waals surface area (Å²) in [6.45, 7) is 1.54. The summed E-state index contributed by atoms with van der Waals surface area (Å²) in [6, 6.07) is 12.9. The van der Waals surface area contributed by atoms with Crippen molar-refractivity contribution in [2.24, 2.45) is 0 Å². The second kappa shape index (κ2) is 10.2. The molecule has 5 rings (SSSR count). The topological polar surface area (TPSA) is 109 Å². The van der Waals surface area contributed by atoms with Crippen LogP contribution in [0.15, 0.2) is 61.1 Å². The van der Waals surface area contributed by atoms with Crippen molar-refractivity contribution in [2.75, 3.05) is 5.32 Å². The lowest BCUT2D eigenvalue weighted by molar-refractivity contribution is -0.119. The molecule has 1 aliphatic rings. The highest BCUT2D eigenvalue weighted by Crippen LogP contribution is 2.29. The summed E-state index contributed by atoms with van der Waals surface area (Å²) >= 11 is 0. The van der Waals surface area contributed by atoms with E-state index in [1.807, 2.05) is 0 Å². The van der Waals surface area contributed by atoms with Crippen LogP contribution in [0.3, 0.4) is 0 Å². The SMILES string of the molecule is CC(=O)NC1CCC(Nc2ncnc3[nH]cc(C(=O)c4ccc(Oc5ccc(F)cc5)cc4)c23)CC1. The Morgan fingerprint density at radius 2 is 1.58 bits per heavy atom. The molecule has 0 spiro atoms. The van der Waals surface area contributed by atoms with E-state index >= 15 is 0 Å². The Balaban J connectivity index is 1.32. The summed E-state index contributed by atoms with van der Waals surface area (Å²) < 4.78 is 18.8. The third kappa shape index (κ3) is 5.19. The Kier molecular flexibility index (Phi) is 6.62. The number of anilines is 1. The van der Waals surface area contributed by atoms with Crippen molar-refractivity contribution >= 4 is 28.5 Å². The zero-order chi connectivity index (χ0) is 25.1. The van der Waals surface area contributed by atoms with Crippen molar-refractivity contribution in [2.45, 2.75) is 44.7 Å². The van der Waals surface area contributed by atoms with Crippen molar-refractivity contribution in [3.8, 4) is 11.5 Å². The van der Waals surface area contributed by atoms with E-state index in [2.05, 4.69) is 25.6 Å². The summed E-state index contributed by atoms with van der Waals surface area (Å²) in [5, 5.41) is 7.13. The molecule has 1 amide bonds. The molecule has 2 aromatic carbocycles. The molecule has 1 aliphatic carbocycles. The number of amides is 1. The molecule has 1 saturated carbocycles. The number of nitrogens with zero attached hydrogens (tertiary/aromatic N) is 2. The molecule has 3 N–H and O–H groups in total. The van der Waals surface area contributed by atoms with Crippen molar-refractivity contribution in [3.63, 3.8) is 0 Å². The van der Waals surface area contributed by atoms with Crippen LogP contribution in [-0.2, 0) is 4.79 Å². The van der Waals surface area contributed by atoms with Crippen molar-refractivity contribution in [1.82, 2.24) is 20.3 Å². The molecule has 0 aliphatic heterocycles. The Labute approximate surface area is 207 Å². The highest BCUT2D eigenvalue weighted by Gasteiger charge is 2.24. The van der Waals surface area contributed by atoms with E-state index in [0.29, 0.717) is 39.5 Å². The van der Waals surface area contributed by atoms with E-state index in [1.165, 1.54) is 18.5 Å². The van der Waals surface area contributed by atoms with Crippen LogP contribution in [0.25, 0.3) is 11.0 Å². The fourth-order valence-corrected chi connectivity index (χ4v) is 4.58. The summed E-state index contributed by atoms with van der Waals surface area (Å²) in [7, 11) is 0. The van der Waals surface area contributed by atoms with Gasteiger partial charge in [0.25, 0.3) is 0 Å². The van der Waals surface area contributed by atoms with Crippen LogP contribution < -0.4 is 15.4 Å². The van der Waals surface area contributed by atoms with E-state index < -0.39 is 0 Å². The molecule has 2 heterocycles. The van der Waals surface area contributed by atoms with E-state index in [0.717, 1.165) is 25.7 Å². The Morgan fingerprint density at radius 1 is 0.944 bits per heavy atom. The molecule has 4 aromatic rings. The average molecular weight is 488 g/mol. The summed E-state index contributed by atoms with van der Waals surface area (Å²) in [5.41, 5.74) is 1.55. The first kappa shape index (κ1) is 23.5. The van der Waals surface area contributed by atoms with Crippen LogP contribution in [0.5, 0.6) is 11.5 Å². The van der Waals surface area contributed by atoms with Gasteiger partial charge in [-0.25, -0.2) is 14.4 Å². The molecule has 8 nitrogen and oxygen atoms in total. The second-order valence-electron chi connectivity index (χ2n) is 8.95. The Morgan fingerprint density at radius 3 is 2.25 bits per heavy atom. The van der Waals surface area contributed by atoms with Gasteiger partial charge in [0.15, 0.2) is 5.78 Å². The van der Waals surface area contributed by atoms with E-state index in [9.17, 15) is 14.0 Å². The number of hydrogen-bond donors (Lipinski definition) is 3. The highest BCUT2D eigenvalue weighted by atomic mass is 19.1. The van der Waals surface area contributed by atoms with Gasteiger partial charge >= 0.3 is 0 Å². The minimum atomic E-state index is -0.336. The monoisotopic (exact) mass is 487 g/mol. The number of benzene rings is 2. The number of carbonyl (C=O) groups excluding carboxylic acids is 2. The molecular weight excluding hydrogens is 461 g/mol.